The number of alkyl halides is 5. The van der Waals surface area contributed by atoms with E-state index in [9.17, 15) is 35.9 Å². The molecule has 1 aromatic carbocycles. The largest absolute Gasteiger partial charge is 0.480 e. The van der Waals surface area contributed by atoms with E-state index in [1.807, 2.05) is 5.32 Å². The number of aromatic nitrogens is 2. The quantitative estimate of drug-likeness (QED) is 0.420. The molecular weight excluding hydrogens is 496 g/mol. The zero-order chi connectivity index (χ0) is 25.8. The molecule has 3 amide bonds. The van der Waals surface area contributed by atoms with Crippen LogP contribution >= 0.6 is 11.6 Å². The maximum atomic E-state index is 14.7. The Labute approximate surface area is 194 Å². The van der Waals surface area contributed by atoms with Gasteiger partial charge in [0.1, 0.15) is 17.3 Å². The van der Waals surface area contributed by atoms with Crippen molar-refractivity contribution < 1.29 is 40.7 Å². The Morgan fingerprint density at radius 3 is 2.41 bits per heavy atom. The number of hydrogen-bond donors (Lipinski definition) is 3. The fourth-order valence-corrected chi connectivity index (χ4v) is 2.85. The fourth-order valence-electron chi connectivity index (χ4n) is 2.62. The van der Waals surface area contributed by atoms with Crippen LogP contribution in [0.4, 0.5) is 42.5 Å². The van der Waals surface area contributed by atoms with Crippen molar-refractivity contribution in [2.45, 2.75) is 39.5 Å². The van der Waals surface area contributed by atoms with Gasteiger partial charge in [0.2, 0.25) is 0 Å². The Morgan fingerprint density at radius 2 is 1.91 bits per heavy atom. The van der Waals surface area contributed by atoms with Crippen molar-refractivity contribution >= 4 is 34.9 Å². The number of anilines is 2. The second kappa shape index (κ2) is 10.8. The van der Waals surface area contributed by atoms with Crippen LogP contribution in [0.3, 0.4) is 0 Å². The van der Waals surface area contributed by atoms with Crippen molar-refractivity contribution in [2.75, 3.05) is 23.7 Å². The Bertz CT molecular complexity index is 1030. The van der Waals surface area contributed by atoms with Crippen molar-refractivity contribution in [1.82, 2.24) is 15.1 Å². The molecule has 8 nitrogen and oxygen atoms in total. The minimum atomic E-state index is -4.84. The first-order chi connectivity index (χ1) is 15.7. The number of benzene rings is 1. The second-order valence-corrected chi connectivity index (χ2v) is 7.32. The van der Waals surface area contributed by atoms with Gasteiger partial charge in [-0.2, -0.15) is 18.3 Å². The summed E-state index contributed by atoms with van der Waals surface area (Å²) in [5, 5.41) is 10.3. The average Bonchev–Trinajstić information content (AvgIpc) is 3.04. The van der Waals surface area contributed by atoms with Gasteiger partial charge in [0.15, 0.2) is 11.3 Å². The first-order valence-corrected chi connectivity index (χ1v) is 10.0. The molecule has 0 radical (unpaired) electrons. The molecule has 1 heterocycles. The van der Waals surface area contributed by atoms with E-state index in [0.29, 0.717) is 29.7 Å². The minimum absolute atomic E-state index is 0.00450. The molecule has 34 heavy (non-hydrogen) atoms. The zero-order valence-corrected chi connectivity index (χ0v) is 18.7. The third-order valence-electron chi connectivity index (χ3n) is 4.49. The Hall–Kier alpha value is -3.16. The van der Waals surface area contributed by atoms with Crippen LogP contribution in [0.15, 0.2) is 12.1 Å². The highest BCUT2D eigenvalue weighted by molar-refractivity contribution is 6.33. The molecular formula is C19H20ClF6N5O3. The monoisotopic (exact) mass is 515 g/mol. The van der Waals surface area contributed by atoms with Crippen LogP contribution in [0.2, 0.25) is 5.15 Å². The number of H-pyrrole nitrogens is 1. The molecule has 3 N–H and O–H groups in total. The number of carbonyl (C=O) groups is 2. The molecule has 2 aromatic rings. The molecule has 0 saturated heterocycles. The van der Waals surface area contributed by atoms with Crippen LogP contribution < -0.4 is 15.4 Å². The summed E-state index contributed by atoms with van der Waals surface area (Å²) < 4.78 is 84.0. The lowest BCUT2D eigenvalue weighted by atomic mass is 10.1. The van der Waals surface area contributed by atoms with Crippen molar-refractivity contribution in [3.05, 3.63) is 34.4 Å². The number of halogens is 7. The summed E-state index contributed by atoms with van der Waals surface area (Å²) in [6.07, 6.45) is -10.1. The minimum Gasteiger partial charge on any atom is -0.480 e. The summed E-state index contributed by atoms with van der Waals surface area (Å²) in [6, 6.07) is 0.0649. The summed E-state index contributed by atoms with van der Waals surface area (Å²) in [5.74, 6) is -3.04. The number of ether oxygens (including phenoxy) is 1. The molecule has 1 atom stereocenters. The lowest BCUT2D eigenvalue weighted by Gasteiger charge is -2.23. The summed E-state index contributed by atoms with van der Waals surface area (Å²) in [7, 11) is 0. The maximum Gasteiger partial charge on any atom is 0.425 e. The number of nitrogens with one attached hydrogen (secondary N) is 3. The van der Waals surface area contributed by atoms with Gasteiger partial charge in [-0.05, 0) is 26.8 Å². The number of rotatable bonds is 8. The molecule has 2 rings (SSSR count). The number of hydrogen-bond acceptors (Lipinski definition) is 4. The predicted molar refractivity (Wildman–Crippen MR) is 111 cm³/mol. The first kappa shape index (κ1) is 27.1. The standard InChI is InChI=1S/C19H20ClF6N5O3/c1-4-31(7-14(22)23)18(33)27-12-6-13(34-9(3)19(24,25)26)10(5-11(12)21)17(32)28-15-8(2)29-30-16(15)20/h5-6,9,14H,4,7H2,1-3H3,(H,27,33)(H,28,32)(H,29,30). The zero-order valence-electron chi connectivity index (χ0n) is 18.0. The average molecular weight is 516 g/mol. The normalized spacial score (nSPS) is 12.4. The van der Waals surface area contributed by atoms with Crippen molar-refractivity contribution in [3.63, 3.8) is 0 Å². The van der Waals surface area contributed by atoms with Gasteiger partial charge in [0.25, 0.3) is 12.3 Å². The van der Waals surface area contributed by atoms with Crippen LogP contribution in [0.5, 0.6) is 5.75 Å². The molecule has 0 bridgehead atoms. The number of amides is 3. The third kappa shape index (κ3) is 6.68. The molecule has 1 aromatic heterocycles. The fraction of sp³-hybridized carbons (Fsp3) is 0.421. The van der Waals surface area contributed by atoms with Crippen LogP contribution in [-0.4, -0.2) is 58.8 Å². The number of aromatic amines is 1. The number of nitrogens with zero attached hydrogens (tertiary/aromatic N) is 2. The molecule has 0 aliphatic heterocycles. The predicted octanol–water partition coefficient (Wildman–Crippen LogP) is 5.21. The maximum absolute atomic E-state index is 14.7. The lowest BCUT2D eigenvalue weighted by Crippen LogP contribution is -2.38. The van der Waals surface area contributed by atoms with Crippen molar-refractivity contribution in [3.8, 4) is 5.75 Å². The molecule has 0 saturated carbocycles. The van der Waals surface area contributed by atoms with Crippen molar-refractivity contribution in [2.24, 2.45) is 0 Å². The van der Waals surface area contributed by atoms with Crippen LogP contribution in [0.1, 0.15) is 29.9 Å². The SMILES string of the molecule is CCN(CC(F)F)C(=O)Nc1cc(OC(C)C(F)(F)F)c(C(=O)Nc2c(Cl)n[nH]c2C)cc1F. The molecule has 15 heteroatoms. The molecule has 0 fully saturated rings. The van der Waals surface area contributed by atoms with E-state index >= 15 is 0 Å². The van der Waals surface area contributed by atoms with E-state index in [4.69, 9.17) is 16.3 Å². The summed E-state index contributed by atoms with van der Waals surface area (Å²) >= 11 is 5.84. The number of carbonyl (C=O) groups excluding carboxylic acids is 2. The molecule has 0 spiro atoms. The first-order valence-electron chi connectivity index (χ1n) is 9.67. The molecule has 0 aliphatic rings. The van der Waals surface area contributed by atoms with E-state index in [1.165, 1.54) is 13.8 Å². The highest BCUT2D eigenvalue weighted by atomic mass is 35.5. The van der Waals surface area contributed by atoms with E-state index in [-0.39, 0.29) is 17.4 Å². The highest BCUT2D eigenvalue weighted by Crippen LogP contribution is 2.33. The van der Waals surface area contributed by atoms with Crippen LogP contribution in [-0.2, 0) is 0 Å². The molecule has 1 unspecified atom stereocenters. The smallest absolute Gasteiger partial charge is 0.425 e. The van der Waals surface area contributed by atoms with Crippen LogP contribution in [0.25, 0.3) is 0 Å². The third-order valence-corrected chi connectivity index (χ3v) is 4.76. The van der Waals surface area contributed by atoms with Gasteiger partial charge in [-0.25, -0.2) is 18.0 Å². The van der Waals surface area contributed by atoms with Gasteiger partial charge in [-0.1, -0.05) is 11.6 Å². The number of urea groups is 1. The van der Waals surface area contributed by atoms with E-state index < -0.39 is 60.0 Å². The van der Waals surface area contributed by atoms with Gasteiger partial charge in [-0.3, -0.25) is 9.89 Å². The summed E-state index contributed by atoms with van der Waals surface area (Å²) in [6.45, 7) is 2.44. The van der Waals surface area contributed by atoms with Gasteiger partial charge in [-0.15, -0.1) is 0 Å². The Morgan fingerprint density at radius 1 is 1.26 bits per heavy atom. The van der Waals surface area contributed by atoms with Gasteiger partial charge >= 0.3 is 12.2 Å². The Kier molecular flexibility index (Phi) is 8.64. The lowest BCUT2D eigenvalue weighted by molar-refractivity contribution is -0.189. The molecule has 188 valence electrons. The summed E-state index contributed by atoms with van der Waals surface area (Å²) in [5.41, 5.74) is -1.02. The number of aryl methyl sites for hydroxylation is 1. The Balaban J connectivity index is 2.44. The van der Waals surface area contributed by atoms with Crippen LogP contribution in [0, 0.1) is 12.7 Å². The topological polar surface area (TPSA) is 99.3 Å². The second-order valence-electron chi connectivity index (χ2n) is 6.96. The van der Waals surface area contributed by atoms with E-state index in [2.05, 4.69) is 15.5 Å². The van der Waals surface area contributed by atoms with Gasteiger partial charge in [0, 0.05) is 12.6 Å². The van der Waals surface area contributed by atoms with E-state index in [0.717, 1.165) is 0 Å². The van der Waals surface area contributed by atoms with E-state index in [1.54, 1.807) is 0 Å². The molecule has 0 aliphatic carbocycles. The highest BCUT2D eigenvalue weighted by Gasteiger charge is 2.39. The van der Waals surface area contributed by atoms with Gasteiger partial charge in [0.05, 0.1) is 23.5 Å². The van der Waals surface area contributed by atoms with Crippen molar-refractivity contribution in [1.29, 1.82) is 0 Å². The van der Waals surface area contributed by atoms with Gasteiger partial charge < -0.3 is 20.3 Å². The summed E-state index contributed by atoms with van der Waals surface area (Å²) in [4.78, 5) is 25.6.